The fraction of sp³-hybridized carbons (Fsp3) is 0.294. The van der Waals surface area contributed by atoms with Crippen LogP contribution in [0.5, 0.6) is 0 Å². The van der Waals surface area contributed by atoms with Gasteiger partial charge in [0.2, 0.25) is 0 Å². The normalized spacial score (nSPS) is 26.9. The molecule has 1 aromatic carbocycles. The molecule has 4 rings (SSSR count). The summed E-state index contributed by atoms with van der Waals surface area (Å²) in [6.07, 6.45) is 1.84. The molecule has 22 heavy (non-hydrogen) atoms. The van der Waals surface area contributed by atoms with Crippen LogP contribution >= 0.6 is 23.4 Å². The lowest BCUT2D eigenvalue weighted by atomic mass is 9.96. The Morgan fingerprint density at radius 1 is 1.18 bits per heavy atom. The summed E-state index contributed by atoms with van der Waals surface area (Å²) in [6, 6.07) is 14.4. The molecule has 3 heterocycles. The number of rotatable bonds is 2. The fourth-order valence-corrected chi connectivity index (χ4v) is 4.36. The van der Waals surface area contributed by atoms with Gasteiger partial charge >= 0.3 is 0 Å². The van der Waals surface area contributed by atoms with Crippen LogP contribution in [0.25, 0.3) is 0 Å². The standard InChI is InChI=1S/C17H16ClN3S/c1-11-10-21-16(12-5-7-13(18)8-6-12)15(20-17(21)22-11)14-4-2-3-9-19-14/h2-9,11,15-16H,10H2,1H3/t11-,15+,16-/m0/s1. The zero-order valence-corrected chi connectivity index (χ0v) is 13.8. The van der Waals surface area contributed by atoms with Crippen LogP contribution in [0.1, 0.15) is 30.3 Å². The van der Waals surface area contributed by atoms with Crippen LogP contribution in [0.3, 0.4) is 0 Å². The third-order valence-electron chi connectivity index (χ3n) is 4.09. The summed E-state index contributed by atoms with van der Waals surface area (Å²) in [6.45, 7) is 3.28. The molecule has 2 aliphatic rings. The Kier molecular flexibility index (Phi) is 3.59. The lowest BCUT2D eigenvalue weighted by molar-refractivity contribution is 0.321. The van der Waals surface area contributed by atoms with E-state index >= 15 is 0 Å². The molecule has 0 saturated carbocycles. The second kappa shape index (κ2) is 5.60. The highest BCUT2D eigenvalue weighted by Crippen LogP contribution is 2.47. The van der Waals surface area contributed by atoms with Crippen molar-refractivity contribution in [2.75, 3.05) is 6.54 Å². The van der Waals surface area contributed by atoms with E-state index in [4.69, 9.17) is 16.6 Å². The van der Waals surface area contributed by atoms with Gasteiger partial charge in [0.1, 0.15) is 6.04 Å². The van der Waals surface area contributed by atoms with Gasteiger partial charge in [0.25, 0.3) is 0 Å². The van der Waals surface area contributed by atoms with E-state index in [0.29, 0.717) is 5.25 Å². The van der Waals surface area contributed by atoms with E-state index in [1.807, 2.05) is 42.2 Å². The highest BCUT2D eigenvalue weighted by molar-refractivity contribution is 8.14. The Morgan fingerprint density at radius 3 is 2.73 bits per heavy atom. The van der Waals surface area contributed by atoms with Crippen LogP contribution in [0.2, 0.25) is 5.02 Å². The van der Waals surface area contributed by atoms with Crippen LogP contribution in [0, 0.1) is 0 Å². The van der Waals surface area contributed by atoms with Crippen LogP contribution in [0.4, 0.5) is 0 Å². The minimum atomic E-state index is 0.0531. The number of fused-ring (bicyclic) bond motifs is 1. The number of halogens is 1. The molecule has 0 radical (unpaired) electrons. The second-order valence-electron chi connectivity index (χ2n) is 5.69. The lowest BCUT2D eigenvalue weighted by Gasteiger charge is -2.27. The van der Waals surface area contributed by atoms with Crippen LogP contribution in [-0.4, -0.2) is 26.8 Å². The van der Waals surface area contributed by atoms with E-state index in [9.17, 15) is 0 Å². The molecular weight excluding hydrogens is 314 g/mol. The third-order valence-corrected chi connectivity index (χ3v) is 5.45. The number of thioether (sulfide) groups is 1. The molecule has 1 aromatic heterocycles. The zero-order valence-electron chi connectivity index (χ0n) is 12.2. The van der Waals surface area contributed by atoms with E-state index in [1.165, 1.54) is 5.56 Å². The number of aliphatic imine (C=N–C) groups is 1. The van der Waals surface area contributed by atoms with Crippen molar-refractivity contribution in [3.63, 3.8) is 0 Å². The van der Waals surface area contributed by atoms with E-state index in [0.717, 1.165) is 22.4 Å². The number of amidine groups is 1. The first-order chi connectivity index (χ1) is 10.7. The summed E-state index contributed by atoms with van der Waals surface area (Å²) in [5.74, 6) is 0. The monoisotopic (exact) mass is 329 g/mol. The van der Waals surface area contributed by atoms with Crippen molar-refractivity contribution in [3.8, 4) is 0 Å². The maximum atomic E-state index is 6.05. The molecule has 0 bridgehead atoms. The molecule has 1 fully saturated rings. The summed E-state index contributed by atoms with van der Waals surface area (Å²) in [7, 11) is 0. The number of aromatic nitrogens is 1. The molecule has 3 nitrogen and oxygen atoms in total. The molecule has 5 heteroatoms. The van der Waals surface area contributed by atoms with Crippen molar-refractivity contribution in [3.05, 3.63) is 64.9 Å². The van der Waals surface area contributed by atoms with Crippen LogP contribution < -0.4 is 0 Å². The molecule has 3 atom stereocenters. The molecule has 2 aliphatic heterocycles. The van der Waals surface area contributed by atoms with Gasteiger partial charge in [0, 0.05) is 23.0 Å². The van der Waals surface area contributed by atoms with Gasteiger partial charge in [0.15, 0.2) is 5.17 Å². The quantitative estimate of drug-likeness (QED) is 0.821. The lowest BCUT2D eigenvalue weighted by Crippen LogP contribution is -2.28. The molecule has 112 valence electrons. The minimum absolute atomic E-state index is 0.0531. The smallest absolute Gasteiger partial charge is 0.160 e. The van der Waals surface area contributed by atoms with Gasteiger partial charge < -0.3 is 4.90 Å². The third kappa shape index (κ3) is 2.40. The van der Waals surface area contributed by atoms with Gasteiger partial charge in [-0.15, -0.1) is 0 Å². The summed E-state index contributed by atoms with van der Waals surface area (Å²) < 4.78 is 0. The van der Waals surface area contributed by atoms with Crippen LogP contribution in [-0.2, 0) is 0 Å². The average molecular weight is 330 g/mol. The molecule has 0 unspecified atom stereocenters. The summed E-state index contributed by atoms with van der Waals surface area (Å²) >= 11 is 7.91. The van der Waals surface area contributed by atoms with E-state index in [-0.39, 0.29) is 12.1 Å². The van der Waals surface area contributed by atoms with Gasteiger partial charge in [-0.25, -0.2) is 0 Å². The van der Waals surface area contributed by atoms with E-state index < -0.39 is 0 Å². The van der Waals surface area contributed by atoms with Crippen molar-refractivity contribution in [1.29, 1.82) is 0 Å². The molecule has 0 spiro atoms. The predicted octanol–water partition coefficient (Wildman–Crippen LogP) is 4.32. The van der Waals surface area contributed by atoms with E-state index in [1.54, 1.807) is 0 Å². The highest BCUT2D eigenvalue weighted by atomic mass is 35.5. The summed E-state index contributed by atoms with van der Waals surface area (Å²) in [4.78, 5) is 11.9. The molecular formula is C17H16ClN3S. The first-order valence-electron chi connectivity index (χ1n) is 7.40. The Labute approximate surface area is 139 Å². The van der Waals surface area contributed by atoms with Crippen molar-refractivity contribution in [2.24, 2.45) is 4.99 Å². The Hall–Kier alpha value is -1.52. The molecule has 0 aliphatic carbocycles. The number of nitrogens with zero attached hydrogens (tertiary/aromatic N) is 3. The Morgan fingerprint density at radius 2 is 2.00 bits per heavy atom. The molecule has 0 amide bonds. The first kappa shape index (κ1) is 14.1. The van der Waals surface area contributed by atoms with E-state index in [2.05, 4.69) is 35.0 Å². The number of hydrogen-bond donors (Lipinski definition) is 0. The second-order valence-corrected chi connectivity index (χ2v) is 7.53. The van der Waals surface area contributed by atoms with Crippen molar-refractivity contribution in [2.45, 2.75) is 24.3 Å². The van der Waals surface area contributed by atoms with Gasteiger partial charge in [-0.05, 0) is 29.8 Å². The van der Waals surface area contributed by atoms with Gasteiger partial charge in [-0.1, -0.05) is 48.5 Å². The SMILES string of the molecule is C[C@H]1CN2C(=N[C@H](c3ccccn3)[C@@H]2c2ccc(Cl)cc2)S1. The summed E-state index contributed by atoms with van der Waals surface area (Å²) in [5, 5.41) is 2.49. The van der Waals surface area contributed by atoms with Crippen molar-refractivity contribution < 1.29 is 0 Å². The van der Waals surface area contributed by atoms with Gasteiger partial charge in [-0.2, -0.15) is 0 Å². The fourth-order valence-electron chi connectivity index (χ4n) is 3.14. The van der Waals surface area contributed by atoms with Crippen LogP contribution in [0.15, 0.2) is 53.7 Å². The minimum Gasteiger partial charge on any atom is -0.341 e. The predicted molar refractivity (Wildman–Crippen MR) is 92.4 cm³/mol. The van der Waals surface area contributed by atoms with Crippen molar-refractivity contribution >= 4 is 28.5 Å². The zero-order chi connectivity index (χ0) is 15.1. The average Bonchev–Trinajstić information content (AvgIpc) is 3.05. The van der Waals surface area contributed by atoms with Crippen molar-refractivity contribution in [1.82, 2.24) is 9.88 Å². The molecule has 1 saturated heterocycles. The Bertz CT molecular complexity index is 702. The summed E-state index contributed by atoms with van der Waals surface area (Å²) in [5.41, 5.74) is 2.27. The van der Waals surface area contributed by atoms with Gasteiger partial charge in [0.05, 0.1) is 11.7 Å². The van der Waals surface area contributed by atoms with Gasteiger partial charge in [-0.3, -0.25) is 9.98 Å². The Balaban J connectivity index is 1.76. The topological polar surface area (TPSA) is 28.5 Å². The molecule has 0 N–H and O–H groups in total. The maximum absolute atomic E-state index is 6.05. The highest BCUT2D eigenvalue weighted by Gasteiger charge is 2.43. The number of hydrogen-bond acceptors (Lipinski definition) is 4. The molecule has 2 aromatic rings. The number of benzene rings is 1. The maximum Gasteiger partial charge on any atom is 0.160 e. The number of pyridine rings is 1. The largest absolute Gasteiger partial charge is 0.341 e. The first-order valence-corrected chi connectivity index (χ1v) is 8.65.